The highest BCUT2D eigenvalue weighted by atomic mass is 16.6. The van der Waals surface area contributed by atoms with E-state index in [2.05, 4.69) is 0 Å². The van der Waals surface area contributed by atoms with Gasteiger partial charge in [0, 0.05) is 19.1 Å². The molecule has 0 spiro atoms. The lowest BCUT2D eigenvalue weighted by Crippen LogP contribution is -2.52. The molecule has 0 aliphatic carbocycles. The van der Waals surface area contributed by atoms with Crippen molar-refractivity contribution in [2.75, 3.05) is 13.1 Å². The fourth-order valence-corrected chi connectivity index (χ4v) is 1.72. The van der Waals surface area contributed by atoms with E-state index in [1.807, 2.05) is 0 Å². The minimum atomic E-state index is -0.967. The van der Waals surface area contributed by atoms with E-state index in [-0.39, 0.29) is 6.54 Å². The van der Waals surface area contributed by atoms with Crippen LogP contribution in [0.5, 0.6) is 0 Å². The van der Waals surface area contributed by atoms with Crippen molar-refractivity contribution >= 4 is 12.1 Å². The number of carboxylic acid groups (broad SMARTS) is 1. The monoisotopic (exact) mass is 244 g/mol. The van der Waals surface area contributed by atoms with Gasteiger partial charge < -0.3 is 20.5 Å². The molecular weight excluding hydrogens is 224 g/mol. The van der Waals surface area contributed by atoms with Gasteiger partial charge in [-0.1, -0.05) is 0 Å². The van der Waals surface area contributed by atoms with Gasteiger partial charge in [-0.3, -0.25) is 4.79 Å². The Kier molecular flexibility index (Phi) is 3.98. The molecule has 1 aliphatic rings. The molecule has 0 aromatic carbocycles. The topological polar surface area (TPSA) is 92.9 Å². The molecule has 6 nitrogen and oxygen atoms in total. The van der Waals surface area contributed by atoms with Gasteiger partial charge >= 0.3 is 12.1 Å². The Morgan fingerprint density at radius 3 is 2.47 bits per heavy atom. The van der Waals surface area contributed by atoms with Crippen molar-refractivity contribution in [2.24, 2.45) is 11.7 Å². The van der Waals surface area contributed by atoms with Crippen molar-refractivity contribution in [3.8, 4) is 0 Å². The van der Waals surface area contributed by atoms with Crippen LogP contribution in [0.25, 0.3) is 0 Å². The van der Waals surface area contributed by atoms with E-state index in [0.717, 1.165) is 0 Å². The van der Waals surface area contributed by atoms with Crippen molar-refractivity contribution in [2.45, 2.75) is 38.8 Å². The van der Waals surface area contributed by atoms with E-state index in [4.69, 9.17) is 15.6 Å². The zero-order chi connectivity index (χ0) is 13.2. The summed E-state index contributed by atoms with van der Waals surface area (Å²) in [6.45, 7) is 5.88. The molecule has 0 bridgehead atoms. The van der Waals surface area contributed by atoms with Crippen LogP contribution in [-0.2, 0) is 9.53 Å². The average Bonchev–Trinajstić information content (AvgIpc) is 2.14. The number of amides is 1. The number of nitrogens with zero attached hydrogens (tertiary/aromatic N) is 1. The first-order valence-corrected chi connectivity index (χ1v) is 5.67. The Morgan fingerprint density at radius 2 is 2.00 bits per heavy atom. The van der Waals surface area contributed by atoms with Gasteiger partial charge in [-0.2, -0.15) is 0 Å². The predicted octanol–water partition coefficient (Wildman–Crippen LogP) is 0.655. The molecule has 0 unspecified atom stereocenters. The van der Waals surface area contributed by atoms with Gasteiger partial charge in [-0.05, 0) is 27.2 Å². The second kappa shape index (κ2) is 4.91. The van der Waals surface area contributed by atoms with E-state index in [9.17, 15) is 9.59 Å². The molecule has 3 N–H and O–H groups in total. The van der Waals surface area contributed by atoms with Gasteiger partial charge in [0.05, 0.1) is 5.92 Å². The lowest BCUT2D eigenvalue weighted by molar-refractivity contribution is -0.144. The highest BCUT2D eigenvalue weighted by Gasteiger charge is 2.35. The number of ether oxygens (including phenoxy) is 1. The number of hydrogen-bond donors (Lipinski definition) is 2. The third kappa shape index (κ3) is 3.89. The Labute approximate surface area is 101 Å². The summed E-state index contributed by atoms with van der Waals surface area (Å²) in [5.74, 6) is -1.68. The summed E-state index contributed by atoms with van der Waals surface area (Å²) >= 11 is 0. The summed E-state index contributed by atoms with van der Waals surface area (Å²) in [7, 11) is 0. The van der Waals surface area contributed by atoms with Gasteiger partial charge in [0.2, 0.25) is 0 Å². The van der Waals surface area contributed by atoms with E-state index in [0.29, 0.717) is 13.0 Å². The van der Waals surface area contributed by atoms with E-state index in [1.54, 1.807) is 20.8 Å². The summed E-state index contributed by atoms with van der Waals surface area (Å²) in [4.78, 5) is 24.1. The van der Waals surface area contributed by atoms with Crippen molar-refractivity contribution < 1.29 is 19.4 Å². The van der Waals surface area contributed by atoms with Gasteiger partial charge in [0.25, 0.3) is 0 Å². The summed E-state index contributed by atoms with van der Waals surface area (Å²) in [5, 5.41) is 8.98. The molecule has 1 rings (SSSR count). The SMILES string of the molecule is CC(C)(C)OC(=O)N1CC[C@H](N)[C@@H](C(=O)O)C1. The normalized spacial score (nSPS) is 25.5. The van der Waals surface area contributed by atoms with E-state index in [1.165, 1.54) is 4.90 Å². The molecule has 1 heterocycles. The standard InChI is InChI=1S/C11H20N2O4/c1-11(2,3)17-10(16)13-5-4-8(12)7(6-13)9(14)15/h7-8H,4-6,12H2,1-3H3,(H,14,15)/t7-,8-/m0/s1. The summed E-state index contributed by atoms with van der Waals surface area (Å²) in [6.07, 6.45) is 0.00610. The smallest absolute Gasteiger partial charge is 0.410 e. The van der Waals surface area contributed by atoms with Crippen LogP contribution < -0.4 is 5.73 Å². The summed E-state index contributed by atoms with van der Waals surface area (Å²) in [6, 6.07) is -0.397. The summed E-state index contributed by atoms with van der Waals surface area (Å²) in [5.41, 5.74) is 5.14. The molecule has 0 aromatic heterocycles. The number of carbonyl (C=O) groups is 2. The number of nitrogens with two attached hydrogens (primary N) is 1. The largest absolute Gasteiger partial charge is 0.481 e. The molecule has 0 saturated carbocycles. The van der Waals surface area contributed by atoms with Crippen LogP contribution in [-0.4, -0.2) is 46.8 Å². The van der Waals surface area contributed by atoms with Gasteiger partial charge in [-0.25, -0.2) is 4.79 Å². The number of carboxylic acids is 1. The molecule has 1 amide bonds. The Morgan fingerprint density at radius 1 is 1.41 bits per heavy atom. The van der Waals surface area contributed by atoms with Crippen molar-refractivity contribution in [3.05, 3.63) is 0 Å². The molecule has 2 atom stereocenters. The molecule has 6 heteroatoms. The minimum Gasteiger partial charge on any atom is -0.481 e. The van der Waals surface area contributed by atoms with Crippen LogP contribution in [0.1, 0.15) is 27.2 Å². The molecule has 0 radical (unpaired) electrons. The zero-order valence-corrected chi connectivity index (χ0v) is 10.5. The molecular formula is C11H20N2O4. The highest BCUT2D eigenvalue weighted by Crippen LogP contribution is 2.18. The van der Waals surface area contributed by atoms with Crippen LogP contribution in [0.3, 0.4) is 0 Å². The van der Waals surface area contributed by atoms with Crippen LogP contribution in [0.2, 0.25) is 0 Å². The molecule has 1 fully saturated rings. The summed E-state index contributed by atoms with van der Waals surface area (Å²) < 4.78 is 5.19. The number of aliphatic carboxylic acids is 1. The Hall–Kier alpha value is -1.30. The van der Waals surface area contributed by atoms with Crippen molar-refractivity contribution in [1.82, 2.24) is 4.90 Å². The molecule has 1 saturated heterocycles. The molecule has 98 valence electrons. The number of likely N-dealkylation sites (tertiary alicyclic amines) is 1. The van der Waals surface area contributed by atoms with Crippen LogP contribution >= 0.6 is 0 Å². The third-order valence-corrected chi connectivity index (χ3v) is 2.64. The second-order valence-electron chi connectivity index (χ2n) is 5.32. The fourth-order valence-electron chi connectivity index (χ4n) is 1.72. The van der Waals surface area contributed by atoms with Gasteiger partial charge in [0.1, 0.15) is 5.60 Å². The number of hydrogen-bond acceptors (Lipinski definition) is 4. The lowest BCUT2D eigenvalue weighted by atomic mass is 9.93. The van der Waals surface area contributed by atoms with Gasteiger partial charge in [-0.15, -0.1) is 0 Å². The lowest BCUT2D eigenvalue weighted by Gasteiger charge is -2.35. The van der Waals surface area contributed by atoms with E-state index >= 15 is 0 Å². The predicted molar refractivity (Wildman–Crippen MR) is 61.5 cm³/mol. The first-order chi connectivity index (χ1) is 7.70. The van der Waals surface area contributed by atoms with Crippen LogP contribution in [0, 0.1) is 5.92 Å². The fraction of sp³-hybridized carbons (Fsp3) is 0.818. The maximum Gasteiger partial charge on any atom is 0.410 e. The quantitative estimate of drug-likeness (QED) is 0.706. The van der Waals surface area contributed by atoms with Crippen molar-refractivity contribution in [1.29, 1.82) is 0 Å². The first-order valence-electron chi connectivity index (χ1n) is 5.67. The average molecular weight is 244 g/mol. The molecule has 0 aromatic rings. The van der Waals surface area contributed by atoms with Crippen LogP contribution in [0.4, 0.5) is 4.79 Å². The van der Waals surface area contributed by atoms with Gasteiger partial charge in [0.15, 0.2) is 0 Å². The third-order valence-electron chi connectivity index (χ3n) is 2.64. The number of piperidine rings is 1. The molecule has 17 heavy (non-hydrogen) atoms. The number of rotatable bonds is 1. The second-order valence-corrected chi connectivity index (χ2v) is 5.32. The van der Waals surface area contributed by atoms with E-state index < -0.39 is 29.6 Å². The Balaban J connectivity index is 2.62. The van der Waals surface area contributed by atoms with Crippen molar-refractivity contribution in [3.63, 3.8) is 0 Å². The first kappa shape index (κ1) is 13.8. The zero-order valence-electron chi connectivity index (χ0n) is 10.5. The Bertz CT molecular complexity index is 311. The van der Waals surface area contributed by atoms with Crippen LogP contribution in [0.15, 0.2) is 0 Å². The minimum absolute atomic E-state index is 0.116. The molecule has 1 aliphatic heterocycles. The highest BCUT2D eigenvalue weighted by molar-refractivity contribution is 5.74. The number of carbonyl (C=O) groups excluding carboxylic acids is 1. The maximum atomic E-state index is 11.8. The maximum absolute atomic E-state index is 11.8.